The standard InChI is InChI=1S/C24H23N5O2S/c1-14-5-6-22(29-28-14)17(4)27-23(30)18-10-19(24-26-13-16(3)32-24)12-21(11-18)31-20-7-8-25-15(2)9-20/h5-13,17H,1-4H3,(H,27,30). The molecule has 1 aromatic carbocycles. The molecule has 0 aliphatic heterocycles. The number of amides is 1. The Morgan fingerprint density at radius 2 is 1.81 bits per heavy atom. The molecule has 162 valence electrons. The third-order valence-electron chi connectivity index (χ3n) is 4.75. The number of nitrogens with zero attached hydrogens (tertiary/aromatic N) is 4. The zero-order valence-electron chi connectivity index (χ0n) is 18.3. The lowest BCUT2D eigenvalue weighted by Crippen LogP contribution is -2.27. The fourth-order valence-corrected chi connectivity index (χ4v) is 3.87. The number of aryl methyl sites for hydroxylation is 3. The third-order valence-corrected chi connectivity index (χ3v) is 5.71. The van der Waals surface area contributed by atoms with Crippen molar-refractivity contribution in [1.29, 1.82) is 0 Å². The van der Waals surface area contributed by atoms with Crippen LogP contribution in [0, 0.1) is 20.8 Å². The molecule has 0 fully saturated rings. The molecule has 0 saturated carbocycles. The molecule has 1 unspecified atom stereocenters. The lowest BCUT2D eigenvalue weighted by atomic mass is 10.1. The van der Waals surface area contributed by atoms with Crippen molar-refractivity contribution in [3.8, 4) is 22.1 Å². The van der Waals surface area contributed by atoms with Crippen molar-refractivity contribution in [3.63, 3.8) is 0 Å². The van der Waals surface area contributed by atoms with Gasteiger partial charge in [0.05, 0.1) is 17.4 Å². The highest BCUT2D eigenvalue weighted by Gasteiger charge is 2.16. The molecule has 1 atom stereocenters. The predicted molar refractivity (Wildman–Crippen MR) is 124 cm³/mol. The Hall–Kier alpha value is -3.65. The van der Waals surface area contributed by atoms with Gasteiger partial charge in [-0.2, -0.15) is 10.2 Å². The first-order valence-electron chi connectivity index (χ1n) is 10.2. The quantitative estimate of drug-likeness (QED) is 0.438. The zero-order valence-corrected chi connectivity index (χ0v) is 19.1. The molecular weight excluding hydrogens is 422 g/mol. The molecule has 4 rings (SSSR count). The number of hydrogen-bond acceptors (Lipinski definition) is 7. The van der Waals surface area contributed by atoms with Crippen LogP contribution in [0.25, 0.3) is 10.6 Å². The smallest absolute Gasteiger partial charge is 0.251 e. The van der Waals surface area contributed by atoms with Gasteiger partial charge < -0.3 is 10.1 Å². The summed E-state index contributed by atoms with van der Waals surface area (Å²) in [6.45, 7) is 7.65. The highest BCUT2D eigenvalue weighted by atomic mass is 32.1. The Labute approximate surface area is 190 Å². The van der Waals surface area contributed by atoms with Crippen molar-refractivity contribution < 1.29 is 9.53 Å². The van der Waals surface area contributed by atoms with Crippen LogP contribution in [0.15, 0.2) is 54.9 Å². The van der Waals surface area contributed by atoms with Gasteiger partial charge in [0.2, 0.25) is 0 Å². The Bertz CT molecular complexity index is 1250. The fourth-order valence-electron chi connectivity index (χ4n) is 3.11. The highest BCUT2D eigenvalue weighted by molar-refractivity contribution is 7.14. The van der Waals surface area contributed by atoms with E-state index in [2.05, 4.69) is 25.5 Å². The molecule has 3 aromatic heterocycles. The summed E-state index contributed by atoms with van der Waals surface area (Å²) in [5, 5.41) is 12.1. The minimum absolute atomic E-state index is 0.231. The van der Waals surface area contributed by atoms with Gasteiger partial charge in [-0.3, -0.25) is 9.78 Å². The van der Waals surface area contributed by atoms with Crippen molar-refractivity contribution in [2.45, 2.75) is 33.7 Å². The molecule has 1 amide bonds. The van der Waals surface area contributed by atoms with E-state index in [1.165, 1.54) is 0 Å². The number of pyridine rings is 1. The van der Waals surface area contributed by atoms with Crippen molar-refractivity contribution in [3.05, 3.63) is 82.4 Å². The SMILES string of the molecule is Cc1cc(Oc2cc(C(=O)NC(C)c3ccc(C)nn3)cc(-c3ncc(C)s3)c2)ccn1. The van der Waals surface area contributed by atoms with Crippen LogP contribution in [0.2, 0.25) is 0 Å². The predicted octanol–water partition coefficient (Wildman–Crippen LogP) is 5.20. The largest absolute Gasteiger partial charge is 0.457 e. The van der Waals surface area contributed by atoms with Gasteiger partial charge >= 0.3 is 0 Å². The van der Waals surface area contributed by atoms with E-state index in [0.29, 0.717) is 22.8 Å². The van der Waals surface area contributed by atoms with E-state index in [0.717, 1.165) is 26.8 Å². The van der Waals surface area contributed by atoms with Crippen LogP contribution in [-0.2, 0) is 0 Å². The van der Waals surface area contributed by atoms with E-state index >= 15 is 0 Å². The molecule has 0 saturated heterocycles. The molecule has 0 radical (unpaired) electrons. The fraction of sp³-hybridized carbons (Fsp3) is 0.208. The molecule has 0 spiro atoms. The summed E-state index contributed by atoms with van der Waals surface area (Å²) in [5.74, 6) is 0.972. The monoisotopic (exact) mass is 445 g/mol. The molecule has 32 heavy (non-hydrogen) atoms. The van der Waals surface area contributed by atoms with Crippen LogP contribution in [0.5, 0.6) is 11.5 Å². The molecule has 1 N–H and O–H groups in total. The normalized spacial score (nSPS) is 11.8. The second-order valence-electron chi connectivity index (χ2n) is 7.55. The molecule has 7 nitrogen and oxygen atoms in total. The van der Waals surface area contributed by atoms with E-state index in [9.17, 15) is 4.79 Å². The maximum absolute atomic E-state index is 13.1. The average Bonchev–Trinajstić information content (AvgIpc) is 3.20. The first-order valence-corrected chi connectivity index (χ1v) is 11.0. The van der Waals surface area contributed by atoms with E-state index < -0.39 is 0 Å². The molecule has 8 heteroatoms. The van der Waals surface area contributed by atoms with Crippen molar-refractivity contribution in [2.75, 3.05) is 0 Å². The van der Waals surface area contributed by atoms with Crippen molar-refractivity contribution >= 4 is 17.2 Å². The summed E-state index contributed by atoms with van der Waals surface area (Å²) in [6, 6.07) is 12.5. The van der Waals surface area contributed by atoms with E-state index in [4.69, 9.17) is 4.74 Å². The number of benzene rings is 1. The number of carbonyl (C=O) groups is 1. The van der Waals surface area contributed by atoms with E-state index in [1.807, 2.05) is 64.2 Å². The summed E-state index contributed by atoms with van der Waals surface area (Å²) in [6.07, 6.45) is 3.51. The number of carbonyl (C=O) groups excluding carboxylic acids is 1. The number of thiazole rings is 1. The maximum atomic E-state index is 13.1. The van der Waals surface area contributed by atoms with E-state index in [1.54, 1.807) is 29.7 Å². The molecule has 0 aliphatic carbocycles. The second kappa shape index (κ2) is 9.23. The number of aromatic nitrogens is 4. The minimum Gasteiger partial charge on any atom is -0.457 e. The van der Waals surface area contributed by atoms with Crippen LogP contribution in [0.1, 0.15) is 45.3 Å². The number of hydrogen-bond donors (Lipinski definition) is 1. The average molecular weight is 446 g/mol. The lowest BCUT2D eigenvalue weighted by Gasteiger charge is -2.15. The number of nitrogens with one attached hydrogen (secondary N) is 1. The van der Waals surface area contributed by atoms with Crippen LogP contribution in [0.4, 0.5) is 0 Å². The van der Waals surface area contributed by atoms with Gasteiger partial charge in [-0.15, -0.1) is 11.3 Å². The molecule has 3 heterocycles. The van der Waals surface area contributed by atoms with Gasteiger partial charge in [0.25, 0.3) is 5.91 Å². The third kappa shape index (κ3) is 5.15. The summed E-state index contributed by atoms with van der Waals surface area (Å²) < 4.78 is 6.06. The van der Waals surface area contributed by atoms with Gasteiger partial charge in [-0.1, -0.05) is 0 Å². The summed E-state index contributed by atoms with van der Waals surface area (Å²) >= 11 is 1.56. The summed E-state index contributed by atoms with van der Waals surface area (Å²) in [7, 11) is 0. The molecule has 0 bridgehead atoms. The molecule has 4 aromatic rings. The van der Waals surface area contributed by atoms with Crippen molar-refractivity contribution in [2.24, 2.45) is 0 Å². The van der Waals surface area contributed by atoms with Gasteiger partial charge in [-0.05, 0) is 64.1 Å². The highest BCUT2D eigenvalue weighted by Crippen LogP contribution is 2.32. The Morgan fingerprint density at radius 1 is 0.969 bits per heavy atom. The first kappa shape index (κ1) is 21.6. The van der Waals surface area contributed by atoms with Crippen molar-refractivity contribution in [1.82, 2.24) is 25.5 Å². The van der Waals surface area contributed by atoms with Gasteiger partial charge in [0.1, 0.15) is 16.5 Å². The van der Waals surface area contributed by atoms with Crippen LogP contribution >= 0.6 is 11.3 Å². The first-order chi connectivity index (χ1) is 15.4. The Balaban J connectivity index is 1.65. The summed E-state index contributed by atoms with van der Waals surface area (Å²) in [4.78, 5) is 22.9. The lowest BCUT2D eigenvalue weighted by molar-refractivity contribution is 0.0938. The number of ether oxygens (including phenoxy) is 1. The Morgan fingerprint density at radius 3 is 2.50 bits per heavy atom. The minimum atomic E-state index is -0.298. The maximum Gasteiger partial charge on any atom is 0.251 e. The molecular formula is C24H23N5O2S. The van der Waals surface area contributed by atoms with Crippen LogP contribution in [-0.4, -0.2) is 26.1 Å². The number of rotatable bonds is 6. The summed E-state index contributed by atoms with van der Waals surface area (Å²) in [5.41, 5.74) is 3.66. The zero-order chi connectivity index (χ0) is 22.7. The van der Waals surface area contributed by atoms with Crippen LogP contribution in [0.3, 0.4) is 0 Å². The van der Waals surface area contributed by atoms with Gasteiger partial charge in [0, 0.05) is 40.2 Å². The molecule has 0 aliphatic rings. The topological polar surface area (TPSA) is 89.9 Å². The van der Waals surface area contributed by atoms with Gasteiger partial charge in [-0.25, -0.2) is 4.98 Å². The van der Waals surface area contributed by atoms with Gasteiger partial charge in [0.15, 0.2) is 0 Å². The van der Waals surface area contributed by atoms with E-state index in [-0.39, 0.29) is 11.9 Å². The second-order valence-corrected chi connectivity index (χ2v) is 8.79. The Kier molecular flexibility index (Phi) is 6.23. The van der Waals surface area contributed by atoms with Crippen LogP contribution < -0.4 is 10.1 Å².